The first-order valence-corrected chi connectivity index (χ1v) is 7.34. The number of methoxy groups -OCH3 is 1. The molecule has 0 aromatic heterocycles. The van der Waals surface area contributed by atoms with Crippen LogP contribution in [-0.2, 0) is 6.54 Å². The van der Waals surface area contributed by atoms with Crippen LogP contribution in [0.4, 0.5) is 5.69 Å². The van der Waals surface area contributed by atoms with E-state index < -0.39 is 0 Å². The Bertz CT molecular complexity index is 677. The van der Waals surface area contributed by atoms with E-state index in [0.29, 0.717) is 28.6 Å². The lowest BCUT2D eigenvalue weighted by atomic mass is 10.1. The molecule has 0 heterocycles. The summed E-state index contributed by atoms with van der Waals surface area (Å²) in [5.41, 5.74) is 7.58. The van der Waals surface area contributed by atoms with E-state index in [1.54, 1.807) is 43.5 Å². The summed E-state index contributed by atoms with van der Waals surface area (Å²) >= 11 is 9.36. The second-order valence-electron chi connectivity index (χ2n) is 4.38. The minimum atomic E-state index is -0.253. The maximum absolute atomic E-state index is 12.2. The van der Waals surface area contributed by atoms with Gasteiger partial charge in [0.2, 0.25) is 0 Å². The van der Waals surface area contributed by atoms with E-state index in [2.05, 4.69) is 21.2 Å². The molecule has 4 nitrogen and oxygen atoms in total. The number of ether oxygens (including phenoxy) is 1. The first-order valence-electron chi connectivity index (χ1n) is 6.17. The molecule has 0 aliphatic heterocycles. The molecule has 2 aromatic carbocycles. The standard InChI is InChI=1S/C15H14BrClN2O2/c1-21-14-5-3-11(18)6-9(14)8-19-15(20)12-4-2-10(16)7-13(12)17/h2-7H,8,18H2,1H3,(H,19,20). The van der Waals surface area contributed by atoms with E-state index in [1.807, 2.05) is 0 Å². The number of nitrogen functional groups attached to an aromatic ring is 1. The summed E-state index contributed by atoms with van der Waals surface area (Å²) in [7, 11) is 1.57. The fourth-order valence-corrected chi connectivity index (χ4v) is 2.64. The quantitative estimate of drug-likeness (QED) is 0.809. The van der Waals surface area contributed by atoms with Gasteiger partial charge in [0.05, 0.1) is 17.7 Å². The lowest BCUT2D eigenvalue weighted by Crippen LogP contribution is -2.23. The number of hydrogen-bond donors (Lipinski definition) is 2. The predicted octanol–water partition coefficient (Wildman–Crippen LogP) is 3.62. The second kappa shape index (κ2) is 6.83. The van der Waals surface area contributed by atoms with E-state index >= 15 is 0 Å². The fourth-order valence-electron chi connectivity index (χ4n) is 1.88. The maximum Gasteiger partial charge on any atom is 0.253 e. The molecule has 0 aliphatic rings. The van der Waals surface area contributed by atoms with Crippen LogP contribution >= 0.6 is 27.5 Å². The average molecular weight is 370 g/mol. The third kappa shape index (κ3) is 3.89. The van der Waals surface area contributed by atoms with E-state index in [-0.39, 0.29) is 5.91 Å². The van der Waals surface area contributed by atoms with E-state index in [9.17, 15) is 4.79 Å². The Morgan fingerprint density at radius 2 is 2.10 bits per heavy atom. The average Bonchev–Trinajstić information content (AvgIpc) is 2.45. The van der Waals surface area contributed by atoms with Crippen LogP contribution in [-0.4, -0.2) is 13.0 Å². The molecule has 0 bridgehead atoms. The minimum Gasteiger partial charge on any atom is -0.496 e. The Kier molecular flexibility index (Phi) is 5.09. The minimum absolute atomic E-state index is 0.253. The number of hydrogen-bond acceptors (Lipinski definition) is 3. The zero-order chi connectivity index (χ0) is 15.4. The maximum atomic E-state index is 12.2. The number of halogens is 2. The number of amides is 1. The first-order chi connectivity index (χ1) is 10.0. The van der Waals surface area contributed by atoms with Crippen molar-refractivity contribution in [2.45, 2.75) is 6.54 Å². The van der Waals surface area contributed by atoms with Gasteiger partial charge < -0.3 is 15.8 Å². The Balaban J connectivity index is 2.12. The predicted molar refractivity (Wildman–Crippen MR) is 87.7 cm³/mol. The van der Waals surface area contributed by atoms with Gasteiger partial charge in [-0.1, -0.05) is 27.5 Å². The molecule has 110 valence electrons. The highest BCUT2D eigenvalue weighted by Gasteiger charge is 2.11. The van der Waals surface area contributed by atoms with Crippen molar-refractivity contribution < 1.29 is 9.53 Å². The molecule has 21 heavy (non-hydrogen) atoms. The molecular weight excluding hydrogens is 356 g/mol. The molecular formula is C15H14BrClN2O2. The lowest BCUT2D eigenvalue weighted by Gasteiger charge is -2.11. The summed E-state index contributed by atoms with van der Waals surface area (Å²) in [6, 6.07) is 10.4. The third-order valence-electron chi connectivity index (χ3n) is 2.92. The molecule has 0 atom stereocenters. The molecule has 0 saturated heterocycles. The summed E-state index contributed by atoms with van der Waals surface area (Å²) in [4.78, 5) is 12.2. The van der Waals surface area contributed by atoms with Crippen molar-refractivity contribution in [3.63, 3.8) is 0 Å². The fraction of sp³-hybridized carbons (Fsp3) is 0.133. The molecule has 3 N–H and O–H groups in total. The van der Waals surface area contributed by atoms with Gasteiger partial charge in [0, 0.05) is 22.3 Å². The van der Waals surface area contributed by atoms with Crippen LogP contribution in [0.15, 0.2) is 40.9 Å². The topological polar surface area (TPSA) is 64.3 Å². The van der Waals surface area contributed by atoms with Crippen molar-refractivity contribution >= 4 is 39.1 Å². The lowest BCUT2D eigenvalue weighted by molar-refractivity contribution is 0.0951. The Hall–Kier alpha value is -1.72. The van der Waals surface area contributed by atoms with Gasteiger partial charge in [-0.2, -0.15) is 0 Å². The highest BCUT2D eigenvalue weighted by atomic mass is 79.9. The van der Waals surface area contributed by atoms with Gasteiger partial charge >= 0.3 is 0 Å². The van der Waals surface area contributed by atoms with Crippen LogP contribution in [0.3, 0.4) is 0 Å². The summed E-state index contributed by atoms with van der Waals surface area (Å²) in [6.45, 7) is 0.305. The van der Waals surface area contributed by atoms with Crippen molar-refractivity contribution in [2.24, 2.45) is 0 Å². The summed E-state index contributed by atoms with van der Waals surface area (Å²) < 4.78 is 6.06. The number of nitrogens with one attached hydrogen (secondary N) is 1. The van der Waals surface area contributed by atoms with Gasteiger partial charge in [0.25, 0.3) is 5.91 Å². The van der Waals surface area contributed by atoms with Crippen LogP contribution in [0, 0.1) is 0 Å². The largest absolute Gasteiger partial charge is 0.496 e. The monoisotopic (exact) mass is 368 g/mol. The molecule has 2 rings (SSSR count). The van der Waals surface area contributed by atoms with Crippen LogP contribution in [0.25, 0.3) is 0 Å². The number of benzene rings is 2. The van der Waals surface area contributed by atoms with Crippen molar-refractivity contribution in [1.29, 1.82) is 0 Å². The number of carbonyl (C=O) groups excluding carboxylic acids is 1. The summed E-state index contributed by atoms with van der Waals surface area (Å²) in [5.74, 6) is 0.420. The Morgan fingerprint density at radius 3 is 2.76 bits per heavy atom. The van der Waals surface area contributed by atoms with E-state index in [1.165, 1.54) is 0 Å². The van der Waals surface area contributed by atoms with Crippen molar-refractivity contribution in [3.8, 4) is 5.75 Å². The molecule has 0 saturated carbocycles. The van der Waals surface area contributed by atoms with Gasteiger partial charge in [-0.15, -0.1) is 0 Å². The van der Waals surface area contributed by atoms with Gasteiger partial charge in [-0.05, 0) is 36.4 Å². The van der Waals surface area contributed by atoms with E-state index in [4.69, 9.17) is 22.1 Å². The zero-order valence-corrected chi connectivity index (χ0v) is 13.7. The molecule has 6 heteroatoms. The Labute approximate surface area is 136 Å². The van der Waals surface area contributed by atoms with Gasteiger partial charge in [0.15, 0.2) is 0 Å². The first kappa shape index (κ1) is 15.7. The SMILES string of the molecule is COc1ccc(N)cc1CNC(=O)c1ccc(Br)cc1Cl. The molecule has 0 fully saturated rings. The van der Waals surface area contributed by atoms with Crippen LogP contribution in [0.2, 0.25) is 5.02 Å². The summed E-state index contributed by atoms with van der Waals surface area (Å²) in [6.07, 6.45) is 0. The smallest absolute Gasteiger partial charge is 0.253 e. The van der Waals surface area contributed by atoms with Crippen molar-refractivity contribution in [3.05, 3.63) is 57.0 Å². The third-order valence-corrected chi connectivity index (χ3v) is 3.73. The van der Waals surface area contributed by atoms with Crippen molar-refractivity contribution in [2.75, 3.05) is 12.8 Å². The molecule has 0 spiro atoms. The molecule has 2 aromatic rings. The molecule has 0 aliphatic carbocycles. The molecule has 0 radical (unpaired) electrons. The normalized spacial score (nSPS) is 10.2. The molecule has 0 unspecified atom stereocenters. The van der Waals surface area contributed by atoms with Gasteiger partial charge in [0.1, 0.15) is 5.75 Å². The van der Waals surface area contributed by atoms with Crippen LogP contribution < -0.4 is 15.8 Å². The molecule has 1 amide bonds. The van der Waals surface area contributed by atoms with Crippen LogP contribution in [0.5, 0.6) is 5.75 Å². The summed E-state index contributed by atoms with van der Waals surface area (Å²) in [5, 5.41) is 3.19. The number of rotatable bonds is 4. The van der Waals surface area contributed by atoms with Gasteiger partial charge in [-0.25, -0.2) is 0 Å². The van der Waals surface area contributed by atoms with Crippen LogP contribution in [0.1, 0.15) is 15.9 Å². The number of carbonyl (C=O) groups is 1. The number of anilines is 1. The van der Waals surface area contributed by atoms with Gasteiger partial charge in [-0.3, -0.25) is 4.79 Å². The van der Waals surface area contributed by atoms with E-state index in [0.717, 1.165) is 10.0 Å². The number of nitrogens with two attached hydrogens (primary N) is 1. The second-order valence-corrected chi connectivity index (χ2v) is 5.70. The highest BCUT2D eigenvalue weighted by Crippen LogP contribution is 2.23. The van der Waals surface area contributed by atoms with Crippen molar-refractivity contribution in [1.82, 2.24) is 5.32 Å². The zero-order valence-electron chi connectivity index (χ0n) is 11.3. The highest BCUT2D eigenvalue weighted by molar-refractivity contribution is 9.10. The Morgan fingerprint density at radius 1 is 1.33 bits per heavy atom.